The van der Waals surface area contributed by atoms with Crippen LogP contribution in [0.3, 0.4) is 0 Å². The second-order valence-corrected chi connectivity index (χ2v) is 9.17. The summed E-state index contributed by atoms with van der Waals surface area (Å²) in [5, 5.41) is 20.3. The first-order valence-corrected chi connectivity index (χ1v) is 10.3. The van der Waals surface area contributed by atoms with Gasteiger partial charge in [-0.1, -0.05) is 30.0 Å². The van der Waals surface area contributed by atoms with Gasteiger partial charge in [0.25, 0.3) is 10.9 Å². The van der Waals surface area contributed by atoms with Crippen molar-refractivity contribution in [1.82, 2.24) is 10.2 Å². The van der Waals surface area contributed by atoms with Crippen LogP contribution in [-0.4, -0.2) is 15.1 Å². The normalized spacial score (nSPS) is 32.1. The van der Waals surface area contributed by atoms with Crippen molar-refractivity contribution in [2.75, 3.05) is 0 Å². The van der Waals surface area contributed by atoms with E-state index in [-0.39, 0.29) is 16.0 Å². The van der Waals surface area contributed by atoms with E-state index in [9.17, 15) is 10.1 Å². The first kappa shape index (κ1) is 16.3. The maximum atomic E-state index is 11.1. The molecule has 4 aliphatic rings. The third kappa shape index (κ3) is 2.73. The number of nitro groups is 1. The van der Waals surface area contributed by atoms with E-state index < -0.39 is 0 Å². The molecule has 6 rings (SSSR count). The van der Waals surface area contributed by atoms with Gasteiger partial charge in [-0.3, -0.25) is 10.1 Å². The Morgan fingerprint density at radius 2 is 1.77 bits per heavy atom. The lowest BCUT2D eigenvalue weighted by Gasteiger charge is -2.55. The molecule has 4 aliphatic carbocycles. The standard InChI is InChI=1S/C19H21N3O3S/c23-22(24)16-4-2-1-3-15(16)11-26-18-21-20-17(25-18)19-8-12-5-13(9-19)7-14(6-12)10-19/h1-4,12-14H,5-11H2. The molecule has 0 unspecified atom stereocenters. The fraction of sp³-hybridized carbons (Fsp3) is 0.579. The van der Waals surface area contributed by atoms with Crippen LogP contribution >= 0.6 is 11.8 Å². The van der Waals surface area contributed by atoms with E-state index in [1.54, 1.807) is 12.1 Å². The maximum absolute atomic E-state index is 11.1. The molecule has 4 fully saturated rings. The summed E-state index contributed by atoms with van der Waals surface area (Å²) >= 11 is 1.39. The predicted octanol–water partition coefficient (Wildman–Crippen LogP) is 4.74. The Morgan fingerprint density at radius 1 is 1.12 bits per heavy atom. The molecule has 1 heterocycles. The van der Waals surface area contributed by atoms with Crippen molar-refractivity contribution in [2.24, 2.45) is 17.8 Å². The highest BCUT2D eigenvalue weighted by Crippen LogP contribution is 2.60. The highest BCUT2D eigenvalue weighted by atomic mass is 32.2. The molecule has 6 nitrogen and oxygen atoms in total. The SMILES string of the molecule is O=[N+]([O-])c1ccccc1CSc1nnc(C23CC4CC(CC(C4)C2)C3)o1. The summed E-state index contributed by atoms with van der Waals surface area (Å²) in [7, 11) is 0. The highest BCUT2D eigenvalue weighted by Gasteiger charge is 2.54. The molecule has 136 valence electrons. The topological polar surface area (TPSA) is 82.1 Å². The van der Waals surface area contributed by atoms with Gasteiger partial charge in [0.2, 0.25) is 5.89 Å². The molecular weight excluding hydrogens is 350 g/mol. The number of para-hydroxylation sites is 1. The molecular formula is C19H21N3O3S. The van der Waals surface area contributed by atoms with Gasteiger partial charge in [-0.2, -0.15) is 0 Å². The Morgan fingerprint density at radius 3 is 2.42 bits per heavy atom. The molecule has 0 N–H and O–H groups in total. The van der Waals surface area contributed by atoms with E-state index in [0.29, 0.717) is 16.5 Å². The Labute approximate surface area is 155 Å². The van der Waals surface area contributed by atoms with Crippen molar-refractivity contribution >= 4 is 17.4 Å². The molecule has 2 aromatic rings. The molecule has 26 heavy (non-hydrogen) atoms. The lowest BCUT2D eigenvalue weighted by molar-refractivity contribution is -0.385. The van der Waals surface area contributed by atoms with Crippen molar-refractivity contribution in [3.05, 3.63) is 45.8 Å². The third-order valence-electron chi connectivity index (χ3n) is 6.44. The summed E-state index contributed by atoms with van der Waals surface area (Å²) in [6, 6.07) is 6.81. The summed E-state index contributed by atoms with van der Waals surface area (Å²) in [5.41, 5.74) is 0.914. The van der Waals surface area contributed by atoms with Crippen LogP contribution in [0.15, 0.2) is 33.9 Å². The second-order valence-electron chi connectivity index (χ2n) is 8.25. The number of benzene rings is 1. The van der Waals surface area contributed by atoms with Crippen molar-refractivity contribution in [1.29, 1.82) is 0 Å². The smallest absolute Gasteiger partial charge is 0.276 e. The minimum absolute atomic E-state index is 0.0965. The summed E-state index contributed by atoms with van der Waals surface area (Å²) in [6.07, 6.45) is 7.71. The van der Waals surface area contributed by atoms with Crippen molar-refractivity contribution in [2.45, 2.75) is 54.9 Å². The van der Waals surface area contributed by atoms with Gasteiger partial charge in [-0.15, -0.1) is 10.2 Å². The van der Waals surface area contributed by atoms with Gasteiger partial charge in [0, 0.05) is 22.8 Å². The van der Waals surface area contributed by atoms with Crippen LogP contribution in [-0.2, 0) is 11.2 Å². The number of nitro benzene ring substituents is 1. The third-order valence-corrected chi connectivity index (χ3v) is 7.31. The quantitative estimate of drug-likeness (QED) is 0.429. The average molecular weight is 371 g/mol. The Kier molecular flexibility index (Phi) is 3.81. The molecule has 0 spiro atoms. The summed E-state index contributed by atoms with van der Waals surface area (Å²) in [6.45, 7) is 0. The number of thioether (sulfide) groups is 1. The summed E-state index contributed by atoms with van der Waals surface area (Å²) < 4.78 is 6.06. The molecule has 1 aromatic carbocycles. The first-order valence-electron chi connectivity index (χ1n) is 9.30. The van der Waals surface area contributed by atoms with Gasteiger partial charge in [0.15, 0.2) is 0 Å². The van der Waals surface area contributed by atoms with Crippen molar-refractivity contribution < 1.29 is 9.34 Å². The Balaban J connectivity index is 1.33. The highest BCUT2D eigenvalue weighted by molar-refractivity contribution is 7.98. The van der Waals surface area contributed by atoms with Crippen LogP contribution in [0.5, 0.6) is 0 Å². The minimum atomic E-state index is -0.343. The molecule has 0 amide bonds. The minimum Gasteiger partial charge on any atom is -0.415 e. The van der Waals surface area contributed by atoms with E-state index in [0.717, 1.165) is 23.6 Å². The van der Waals surface area contributed by atoms with E-state index in [1.165, 1.54) is 56.4 Å². The van der Waals surface area contributed by atoms with Gasteiger partial charge in [-0.25, -0.2) is 0 Å². The zero-order valence-corrected chi connectivity index (χ0v) is 15.3. The number of hydrogen-bond acceptors (Lipinski definition) is 6. The van der Waals surface area contributed by atoms with Crippen molar-refractivity contribution in [3.8, 4) is 0 Å². The van der Waals surface area contributed by atoms with E-state index in [4.69, 9.17) is 4.42 Å². The summed E-state index contributed by atoms with van der Waals surface area (Å²) in [5.74, 6) is 3.75. The lowest BCUT2D eigenvalue weighted by Crippen LogP contribution is -2.48. The number of nitrogens with zero attached hydrogens (tertiary/aromatic N) is 3. The Hall–Kier alpha value is -1.89. The van der Waals surface area contributed by atoms with Gasteiger partial charge in [0.05, 0.1) is 4.92 Å². The predicted molar refractivity (Wildman–Crippen MR) is 96.8 cm³/mol. The van der Waals surface area contributed by atoms with E-state index >= 15 is 0 Å². The van der Waals surface area contributed by atoms with Crippen LogP contribution in [0.2, 0.25) is 0 Å². The molecule has 0 radical (unpaired) electrons. The average Bonchev–Trinajstić information content (AvgIpc) is 3.09. The zero-order valence-electron chi connectivity index (χ0n) is 14.5. The van der Waals surface area contributed by atoms with Crippen LogP contribution in [0, 0.1) is 27.9 Å². The van der Waals surface area contributed by atoms with Crippen LogP contribution in [0.1, 0.15) is 50.0 Å². The molecule has 0 atom stereocenters. The zero-order chi connectivity index (χ0) is 17.7. The fourth-order valence-electron chi connectivity index (χ4n) is 5.81. The summed E-state index contributed by atoms with van der Waals surface area (Å²) in [4.78, 5) is 10.8. The van der Waals surface area contributed by atoms with Gasteiger partial charge in [-0.05, 0) is 56.3 Å². The molecule has 0 aliphatic heterocycles. The molecule has 0 saturated heterocycles. The van der Waals surface area contributed by atoms with Crippen molar-refractivity contribution in [3.63, 3.8) is 0 Å². The fourth-order valence-corrected chi connectivity index (χ4v) is 6.56. The lowest BCUT2D eigenvalue weighted by atomic mass is 9.49. The van der Waals surface area contributed by atoms with Gasteiger partial charge < -0.3 is 4.42 Å². The molecule has 7 heteroatoms. The first-order chi connectivity index (χ1) is 12.6. The van der Waals surface area contributed by atoms with Crippen LogP contribution in [0.4, 0.5) is 5.69 Å². The largest absolute Gasteiger partial charge is 0.415 e. The van der Waals surface area contributed by atoms with Crippen LogP contribution < -0.4 is 0 Å². The van der Waals surface area contributed by atoms with E-state index in [1.807, 2.05) is 6.07 Å². The number of aromatic nitrogens is 2. The monoisotopic (exact) mass is 371 g/mol. The molecule has 1 aromatic heterocycles. The van der Waals surface area contributed by atoms with E-state index in [2.05, 4.69) is 10.2 Å². The van der Waals surface area contributed by atoms with Gasteiger partial charge in [0.1, 0.15) is 0 Å². The number of hydrogen-bond donors (Lipinski definition) is 0. The molecule has 4 saturated carbocycles. The van der Waals surface area contributed by atoms with Crippen LogP contribution in [0.25, 0.3) is 0 Å². The molecule has 4 bridgehead atoms. The van der Waals surface area contributed by atoms with Gasteiger partial charge >= 0.3 is 0 Å². The number of rotatable bonds is 5. The second kappa shape index (κ2) is 6.08. The Bertz CT molecular complexity index is 815. The maximum Gasteiger partial charge on any atom is 0.276 e.